The standard InChI is InChI=1S/C26H27N3O4.C26H26N2O5/c27-23(30)18-9-3-4-10-19(18)24(31)28-14-13-16-7-1-2-8-17(16)22(28)15-29-25(32)20-11-5-6-12-21(20)26(29)33;29-23(20-11-5-6-12-21(20)26(32)33)27-14-13-16-7-1-2-8-17(16)22(27)15-28-24(30)18-9-3-4-10-19(18)25(28)31/h1-2,5-8,11-12,18-19,22H,3-4,9-10,13-15H2,(H2,27,30);1-4,7-10,20-22H,5-6,11-15H2,(H,32,33)/t18-,19+,22+;20-,21+,22-/m01/s1. The van der Waals surface area contributed by atoms with Crippen LogP contribution in [0.2, 0.25) is 0 Å². The fourth-order valence-corrected chi connectivity index (χ4v) is 11.3. The van der Waals surface area contributed by atoms with Crippen molar-refractivity contribution >= 4 is 47.3 Å². The first-order chi connectivity index (χ1) is 31.9. The van der Waals surface area contributed by atoms with Crippen LogP contribution in [0, 0.1) is 23.7 Å². The molecule has 14 heteroatoms. The molecule has 6 aliphatic rings. The molecule has 14 nitrogen and oxygen atoms in total. The van der Waals surface area contributed by atoms with Gasteiger partial charge in [0.2, 0.25) is 17.7 Å². The van der Waals surface area contributed by atoms with E-state index in [1.54, 1.807) is 58.3 Å². The molecule has 0 unspecified atom stereocenters. The molecule has 66 heavy (non-hydrogen) atoms. The summed E-state index contributed by atoms with van der Waals surface area (Å²) in [5.74, 6) is -5.21. The van der Waals surface area contributed by atoms with Gasteiger partial charge in [0.15, 0.2) is 0 Å². The van der Waals surface area contributed by atoms with Crippen LogP contribution >= 0.6 is 0 Å². The molecule has 2 aliphatic carbocycles. The van der Waals surface area contributed by atoms with Gasteiger partial charge in [0.1, 0.15) is 0 Å². The van der Waals surface area contributed by atoms with Crippen LogP contribution in [0.15, 0.2) is 97.1 Å². The third-order valence-corrected chi connectivity index (χ3v) is 14.7. The van der Waals surface area contributed by atoms with Crippen molar-refractivity contribution in [2.75, 3.05) is 26.2 Å². The van der Waals surface area contributed by atoms with Gasteiger partial charge in [-0.3, -0.25) is 48.2 Å². The molecule has 3 N–H and O–H groups in total. The van der Waals surface area contributed by atoms with E-state index in [4.69, 9.17) is 5.73 Å². The zero-order valence-electron chi connectivity index (χ0n) is 36.7. The number of carbonyl (C=O) groups is 8. The predicted octanol–water partition coefficient (Wildman–Crippen LogP) is 6.00. The number of aliphatic carboxylic acids is 1. The molecule has 7 amide bonds. The first kappa shape index (κ1) is 44.3. The van der Waals surface area contributed by atoms with E-state index in [0.29, 0.717) is 73.9 Å². The van der Waals surface area contributed by atoms with Crippen LogP contribution in [-0.2, 0) is 32.0 Å². The number of carboxylic acids is 1. The van der Waals surface area contributed by atoms with E-state index >= 15 is 0 Å². The third-order valence-electron chi connectivity index (χ3n) is 14.7. The maximum Gasteiger partial charge on any atom is 0.307 e. The van der Waals surface area contributed by atoms with Crippen LogP contribution in [0.25, 0.3) is 0 Å². The molecule has 2 fully saturated rings. The Morgan fingerprint density at radius 1 is 0.485 bits per heavy atom. The van der Waals surface area contributed by atoms with Gasteiger partial charge in [-0.25, -0.2) is 0 Å². The van der Waals surface area contributed by atoms with Crippen molar-refractivity contribution < 1.29 is 43.5 Å². The molecule has 4 aromatic carbocycles. The van der Waals surface area contributed by atoms with Gasteiger partial charge in [-0.15, -0.1) is 0 Å². The number of rotatable bonds is 8. The van der Waals surface area contributed by atoms with Crippen molar-refractivity contribution in [2.24, 2.45) is 29.4 Å². The molecule has 10 rings (SSSR count). The van der Waals surface area contributed by atoms with Crippen LogP contribution in [0.1, 0.15) is 127 Å². The Balaban J connectivity index is 0.000000166. The van der Waals surface area contributed by atoms with Gasteiger partial charge < -0.3 is 20.6 Å². The Bertz CT molecular complexity index is 2400. The van der Waals surface area contributed by atoms with E-state index in [2.05, 4.69) is 0 Å². The summed E-state index contributed by atoms with van der Waals surface area (Å²) in [5.41, 5.74) is 11.2. The number of carbonyl (C=O) groups excluding carboxylic acids is 7. The summed E-state index contributed by atoms with van der Waals surface area (Å²) in [6, 6.07) is 28.2. The normalized spacial score (nSPS) is 24.4. The van der Waals surface area contributed by atoms with Crippen molar-refractivity contribution in [3.8, 4) is 0 Å². The molecule has 4 heterocycles. The lowest BCUT2D eigenvalue weighted by Crippen LogP contribution is -2.50. The second-order valence-corrected chi connectivity index (χ2v) is 18.3. The molecular weight excluding hydrogens is 839 g/mol. The zero-order valence-corrected chi connectivity index (χ0v) is 36.7. The van der Waals surface area contributed by atoms with Crippen molar-refractivity contribution in [1.82, 2.24) is 19.6 Å². The second kappa shape index (κ2) is 18.5. The fraction of sp³-hybridized carbons (Fsp3) is 0.385. The maximum absolute atomic E-state index is 13.8. The Hall–Kier alpha value is -6.96. The minimum Gasteiger partial charge on any atom is -0.481 e. The molecule has 0 radical (unpaired) electrons. The number of nitrogens with two attached hydrogens (primary N) is 1. The lowest BCUT2D eigenvalue weighted by Gasteiger charge is -2.42. The summed E-state index contributed by atoms with van der Waals surface area (Å²) in [5, 5.41) is 9.71. The molecule has 0 saturated heterocycles. The third kappa shape index (κ3) is 8.06. The van der Waals surface area contributed by atoms with Crippen molar-refractivity contribution in [3.05, 3.63) is 142 Å². The van der Waals surface area contributed by atoms with E-state index in [1.807, 2.05) is 48.5 Å². The number of hydrogen-bond donors (Lipinski definition) is 2. The predicted molar refractivity (Wildman–Crippen MR) is 241 cm³/mol. The van der Waals surface area contributed by atoms with Gasteiger partial charge >= 0.3 is 5.97 Å². The summed E-state index contributed by atoms with van der Waals surface area (Å²) in [6.07, 6.45) is 7.05. The number of primary amides is 1. The summed E-state index contributed by atoms with van der Waals surface area (Å²) in [6.45, 7) is 1.06. The van der Waals surface area contributed by atoms with Crippen molar-refractivity contribution in [3.63, 3.8) is 0 Å². The number of imide groups is 2. The van der Waals surface area contributed by atoms with Crippen LogP contribution in [-0.4, -0.2) is 98.2 Å². The fourth-order valence-electron chi connectivity index (χ4n) is 11.3. The summed E-state index contributed by atoms with van der Waals surface area (Å²) in [4.78, 5) is 110. The quantitative estimate of drug-likeness (QED) is 0.200. The average Bonchev–Trinajstić information content (AvgIpc) is 3.73. The van der Waals surface area contributed by atoms with Crippen molar-refractivity contribution in [1.29, 1.82) is 0 Å². The van der Waals surface area contributed by atoms with E-state index in [-0.39, 0.29) is 48.5 Å². The Kier molecular flexibility index (Phi) is 12.4. The molecule has 4 aliphatic heterocycles. The number of carboxylic acid groups (broad SMARTS) is 1. The van der Waals surface area contributed by atoms with Gasteiger partial charge in [-0.2, -0.15) is 0 Å². The number of amides is 7. The van der Waals surface area contributed by atoms with Gasteiger partial charge in [0, 0.05) is 24.9 Å². The number of nitrogens with zero attached hydrogens (tertiary/aromatic N) is 4. The van der Waals surface area contributed by atoms with Crippen LogP contribution < -0.4 is 5.73 Å². The van der Waals surface area contributed by atoms with Crippen LogP contribution in [0.3, 0.4) is 0 Å². The lowest BCUT2D eigenvalue weighted by molar-refractivity contribution is -0.153. The van der Waals surface area contributed by atoms with Gasteiger partial charge in [0.25, 0.3) is 23.6 Å². The summed E-state index contributed by atoms with van der Waals surface area (Å²) < 4.78 is 0. The summed E-state index contributed by atoms with van der Waals surface area (Å²) in [7, 11) is 0. The van der Waals surface area contributed by atoms with E-state index < -0.39 is 47.6 Å². The topological polar surface area (TPSA) is 196 Å². The van der Waals surface area contributed by atoms with E-state index in [9.17, 15) is 43.5 Å². The van der Waals surface area contributed by atoms with Crippen LogP contribution in [0.5, 0.6) is 0 Å². The molecule has 0 bridgehead atoms. The van der Waals surface area contributed by atoms with Gasteiger partial charge in [0.05, 0.1) is 59.3 Å². The monoisotopic (exact) mass is 891 g/mol. The Morgan fingerprint density at radius 3 is 1.20 bits per heavy atom. The average molecular weight is 892 g/mol. The Labute approximate surface area is 382 Å². The lowest BCUT2D eigenvalue weighted by atomic mass is 9.77. The maximum atomic E-state index is 13.8. The highest BCUT2D eigenvalue weighted by Gasteiger charge is 2.46. The number of fused-ring (bicyclic) bond motifs is 4. The highest BCUT2D eigenvalue weighted by molar-refractivity contribution is 6.22. The van der Waals surface area contributed by atoms with Crippen LogP contribution in [0.4, 0.5) is 0 Å². The smallest absolute Gasteiger partial charge is 0.307 e. The van der Waals surface area contributed by atoms with E-state index in [0.717, 1.165) is 47.9 Å². The van der Waals surface area contributed by atoms with Gasteiger partial charge in [-0.1, -0.05) is 98.5 Å². The second-order valence-electron chi connectivity index (χ2n) is 18.3. The van der Waals surface area contributed by atoms with E-state index in [1.165, 1.54) is 9.80 Å². The van der Waals surface area contributed by atoms with Gasteiger partial charge in [-0.05, 0) is 85.0 Å². The SMILES string of the molecule is NC(=O)[C@H]1CCCC[C@H]1C(=O)N1CCc2ccccc2[C@H]1CN1C(=O)c2ccccc2C1=O.O=C(O)[C@H]1CCCC[C@H]1C(=O)N1CCc2ccccc2[C@H]1CN1C(=O)c2ccccc2C1=O. The molecule has 2 saturated carbocycles. The number of hydrogen-bond acceptors (Lipinski definition) is 8. The summed E-state index contributed by atoms with van der Waals surface area (Å²) >= 11 is 0. The highest BCUT2D eigenvalue weighted by Crippen LogP contribution is 2.40. The first-order valence-corrected chi connectivity index (χ1v) is 23.1. The molecule has 4 aromatic rings. The largest absolute Gasteiger partial charge is 0.481 e. The molecular formula is C52H53N5O9. The minimum absolute atomic E-state index is 0.0551. The minimum atomic E-state index is -0.928. The molecule has 340 valence electrons. The van der Waals surface area contributed by atoms with Crippen molar-refractivity contribution in [2.45, 2.75) is 76.3 Å². The number of benzene rings is 4. The zero-order chi connectivity index (χ0) is 46.2. The molecule has 0 aromatic heterocycles. The highest BCUT2D eigenvalue weighted by atomic mass is 16.4. The molecule has 0 spiro atoms. The Morgan fingerprint density at radius 2 is 0.818 bits per heavy atom. The molecule has 6 atom stereocenters. The first-order valence-electron chi connectivity index (χ1n) is 23.1.